The van der Waals surface area contributed by atoms with Gasteiger partial charge in [-0.05, 0) is 18.1 Å². The van der Waals surface area contributed by atoms with E-state index >= 15 is 0 Å². The van der Waals surface area contributed by atoms with E-state index in [0.29, 0.717) is 19.4 Å². The smallest absolute Gasteiger partial charge is 0.407 e. The van der Waals surface area contributed by atoms with Gasteiger partial charge in [0.25, 0.3) is 0 Å². The first kappa shape index (κ1) is 13.8. The van der Waals surface area contributed by atoms with Gasteiger partial charge >= 0.3 is 6.09 Å². The summed E-state index contributed by atoms with van der Waals surface area (Å²) in [5.74, 6) is -0.0775. The molecule has 2 rings (SSSR count). The van der Waals surface area contributed by atoms with Gasteiger partial charge in [0.2, 0.25) is 0 Å². The Morgan fingerprint density at radius 3 is 2.79 bits per heavy atom. The first-order valence-electron chi connectivity index (χ1n) is 6.33. The SMILES string of the molecule is O=C(O)N1CCC(c2ccc(CCO)nc2)C(O)C1. The van der Waals surface area contributed by atoms with E-state index in [1.54, 1.807) is 6.20 Å². The number of rotatable bonds is 3. The number of carboxylic acid groups (broad SMARTS) is 1. The van der Waals surface area contributed by atoms with Crippen molar-refractivity contribution >= 4 is 6.09 Å². The Morgan fingerprint density at radius 2 is 2.26 bits per heavy atom. The van der Waals surface area contributed by atoms with Gasteiger partial charge in [-0.15, -0.1) is 0 Å². The zero-order valence-electron chi connectivity index (χ0n) is 10.6. The number of likely N-dealkylation sites (tertiary alicyclic amines) is 1. The van der Waals surface area contributed by atoms with Crippen LogP contribution >= 0.6 is 0 Å². The fourth-order valence-corrected chi connectivity index (χ4v) is 2.41. The molecule has 0 saturated carbocycles. The van der Waals surface area contributed by atoms with Crippen molar-refractivity contribution in [2.75, 3.05) is 19.7 Å². The minimum Gasteiger partial charge on any atom is -0.465 e. The molecule has 6 nitrogen and oxygen atoms in total. The molecular formula is C13H18N2O4. The lowest BCUT2D eigenvalue weighted by Crippen LogP contribution is -2.45. The molecule has 1 aliphatic heterocycles. The monoisotopic (exact) mass is 266 g/mol. The topological polar surface area (TPSA) is 93.9 Å². The number of piperidine rings is 1. The average molecular weight is 266 g/mol. The summed E-state index contributed by atoms with van der Waals surface area (Å²) in [6.07, 6.45) is 1.12. The molecule has 6 heteroatoms. The molecule has 1 aromatic heterocycles. The van der Waals surface area contributed by atoms with Gasteiger partial charge in [0.15, 0.2) is 0 Å². The van der Waals surface area contributed by atoms with Crippen molar-refractivity contribution in [2.45, 2.75) is 24.9 Å². The summed E-state index contributed by atoms with van der Waals surface area (Å²) in [5.41, 5.74) is 1.72. The van der Waals surface area contributed by atoms with Crippen LogP contribution in [0.3, 0.4) is 0 Å². The highest BCUT2D eigenvalue weighted by molar-refractivity contribution is 5.65. The second-order valence-corrected chi connectivity index (χ2v) is 4.75. The van der Waals surface area contributed by atoms with Gasteiger partial charge in [0.05, 0.1) is 12.6 Å². The van der Waals surface area contributed by atoms with Gasteiger partial charge in [-0.1, -0.05) is 6.07 Å². The van der Waals surface area contributed by atoms with E-state index in [1.807, 2.05) is 12.1 Å². The molecule has 0 radical (unpaired) electrons. The van der Waals surface area contributed by atoms with Crippen molar-refractivity contribution in [3.63, 3.8) is 0 Å². The van der Waals surface area contributed by atoms with Crippen LogP contribution in [0, 0.1) is 0 Å². The fraction of sp³-hybridized carbons (Fsp3) is 0.538. The summed E-state index contributed by atoms with van der Waals surface area (Å²) in [6, 6.07) is 3.73. The number of pyridine rings is 1. The second-order valence-electron chi connectivity index (χ2n) is 4.75. The Hall–Kier alpha value is -1.66. The number of β-amino-alcohol motifs (C(OH)–C–C–N with tert-alkyl or cyclic N) is 1. The van der Waals surface area contributed by atoms with Crippen molar-refractivity contribution in [1.29, 1.82) is 0 Å². The van der Waals surface area contributed by atoms with E-state index < -0.39 is 12.2 Å². The predicted molar refractivity (Wildman–Crippen MR) is 68.0 cm³/mol. The first-order valence-corrected chi connectivity index (χ1v) is 6.33. The minimum absolute atomic E-state index is 0.0615. The summed E-state index contributed by atoms with van der Waals surface area (Å²) < 4.78 is 0. The third-order valence-corrected chi connectivity index (χ3v) is 3.50. The zero-order chi connectivity index (χ0) is 13.8. The number of nitrogens with zero attached hydrogens (tertiary/aromatic N) is 2. The van der Waals surface area contributed by atoms with Gasteiger partial charge < -0.3 is 20.2 Å². The maximum Gasteiger partial charge on any atom is 0.407 e. The molecule has 1 saturated heterocycles. The second kappa shape index (κ2) is 5.99. The number of amides is 1. The molecule has 0 aromatic carbocycles. The lowest BCUT2D eigenvalue weighted by Gasteiger charge is -2.34. The van der Waals surface area contributed by atoms with Crippen LogP contribution in [0.4, 0.5) is 4.79 Å². The standard InChI is InChI=1S/C13H18N2O4/c16-6-4-10-2-1-9(7-14-10)11-3-5-15(13(18)19)8-12(11)17/h1-2,7,11-12,16-17H,3-6,8H2,(H,18,19). The van der Waals surface area contributed by atoms with Crippen molar-refractivity contribution in [2.24, 2.45) is 0 Å². The van der Waals surface area contributed by atoms with E-state index in [2.05, 4.69) is 4.98 Å². The van der Waals surface area contributed by atoms with Crippen LogP contribution in [0.5, 0.6) is 0 Å². The van der Waals surface area contributed by atoms with Crippen LogP contribution in [0.15, 0.2) is 18.3 Å². The summed E-state index contributed by atoms with van der Waals surface area (Å²) in [4.78, 5) is 16.3. The first-order chi connectivity index (χ1) is 9.11. The molecule has 2 atom stereocenters. The van der Waals surface area contributed by atoms with Crippen molar-refractivity contribution in [3.05, 3.63) is 29.6 Å². The summed E-state index contributed by atoms with van der Waals surface area (Å²) in [6.45, 7) is 0.625. The molecule has 1 aromatic rings. The van der Waals surface area contributed by atoms with Gasteiger partial charge in [-0.3, -0.25) is 4.98 Å². The number of hydrogen-bond donors (Lipinski definition) is 3. The van der Waals surface area contributed by atoms with E-state index in [0.717, 1.165) is 11.3 Å². The van der Waals surface area contributed by atoms with Crippen LogP contribution in [0.1, 0.15) is 23.6 Å². The van der Waals surface area contributed by atoms with Gasteiger partial charge in [-0.2, -0.15) is 0 Å². The third kappa shape index (κ3) is 3.21. The van der Waals surface area contributed by atoms with Crippen LogP contribution in [-0.2, 0) is 6.42 Å². The maximum absolute atomic E-state index is 10.8. The van der Waals surface area contributed by atoms with Crippen LogP contribution in [0.2, 0.25) is 0 Å². The van der Waals surface area contributed by atoms with Crippen molar-refractivity contribution in [3.8, 4) is 0 Å². The lowest BCUT2D eigenvalue weighted by atomic mass is 9.88. The highest BCUT2D eigenvalue weighted by Crippen LogP contribution is 2.28. The number of carbonyl (C=O) groups is 1. The largest absolute Gasteiger partial charge is 0.465 e. The van der Waals surface area contributed by atoms with Gasteiger partial charge in [-0.25, -0.2) is 4.79 Å². The molecule has 19 heavy (non-hydrogen) atoms. The Labute approximate surface area is 111 Å². The number of hydrogen-bond acceptors (Lipinski definition) is 4. The highest BCUT2D eigenvalue weighted by Gasteiger charge is 2.31. The maximum atomic E-state index is 10.8. The zero-order valence-corrected chi connectivity index (χ0v) is 10.6. The highest BCUT2D eigenvalue weighted by atomic mass is 16.4. The summed E-state index contributed by atoms with van der Waals surface area (Å²) in [7, 11) is 0. The molecule has 2 heterocycles. The molecule has 2 unspecified atom stereocenters. The summed E-state index contributed by atoms with van der Waals surface area (Å²) >= 11 is 0. The Morgan fingerprint density at radius 1 is 1.47 bits per heavy atom. The van der Waals surface area contributed by atoms with E-state index in [1.165, 1.54) is 4.90 Å². The van der Waals surface area contributed by atoms with E-state index in [-0.39, 0.29) is 19.1 Å². The van der Waals surface area contributed by atoms with Crippen LogP contribution < -0.4 is 0 Å². The van der Waals surface area contributed by atoms with Crippen LogP contribution in [0.25, 0.3) is 0 Å². The Balaban J connectivity index is 2.04. The van der Waals surface area contributed by atoms with Gasteiger partial charge in [0.1, 0.15) is 0 Å². The molecule has 3 N–H and O–H groups in total. The van der Waals surface area contributed by atoms with Crippen molar-refractivity contribution in [1.82, 2.24) is 9.88 Å². The number of aliphatic hydroxyl groups is 2. The van der Waals surface area contributed by atoms with E-state index in [4.69, 9.17) is 10.2 Å². The average Bonchev–Trinajstić information content (AvgIpc) is 2.40. The molecule has 104 valence electrons. The number of aliphatic hydroxyl groups excluding tert-OH is 2. The minimum atomic E-state index is -0.992. The molecule has 1 amide bonds. The molecule has 1 aliphatic rings. The van der Waals surface area contributed by atoms with E-state index in [9.17, 15) is 9.90 Å². The Bertz CT molecular complexity index is 435. The normalized spacial score (nSPS) is 23.4. The quantitative estimate of drug-likeness (QED) is 0.738. The third-order valence-electron chi connectivity index (χ3n) is 3.50. The fourth-order valence-electron chi connectivity index (χ4n) is 2.41. The van der Waals surface area contributed by atoms with Crippen molar-refractivity contribution < 1.29 is 20.1 Å². The predicted octanol–water partition coefficient (Wildman–Crippen LogP) is 0.445. The van der Waals surface area contributed by atoms with Gasteiger partial charge in [0, 0.05) is 37.4 Å². The molecule has 0 spiro atoms. The molecule has 0 aliphatic carbocycles. The lowest BCUT2D eigenvalue weighted by molar-refractivity contribution is 0.0503. The molecule has 0 bridgehead atoms. The Kier molecular flexibility index (Phi) is 4.34. The number of aromatic nitrogens is 1. The van der Waals surface area contributed by atoms with Crippen LogP contribution in [-0.4, -0.2) is 57.1 Å². The molecular weight excluding hydrogens is 248 g/mol. The summed E-state index contributed by atoms with van der Waals surface area (Å²) in [5, 5.41) is 27.7. The molecule has 1 fully saturated rings.